The van der Waals surface area contributed by atoms with Crippen LogP contribution in [0, 0.1) is 5.92 Å². The summed E-state index contributed by atoms with van der Waals surface area (Å²) in [5.41, 5.74) is 1.66. The zero-order chi connectivity index (χ0) is 22.6. The van der Waals surface area contributed by atoms with Gasteiger partial charge in [-0.05, 0) is 60.9 Å². The minimum atomic E-state index is -3.79. The van der Waals surface area contributed by atoms with Crippen LogP contribution < -0.4 is 10.1 Å². The number of methoxy groups -OCH3 is 1. The van der Waals surface area contributed by atoms with E-state index in [0.29, 0.717) is 25.1 Å². The number of anilines is 1. The van der Waals surface area contributed by atoms with Crippen molar-refractivity contribution in [2.24, 2.45) is 5.92 Å². The third kappa shape index (κ3) is 5.42. The van der Waals surface area contributed by atoms with E-state index in [1.165, 1.54) is 11.4 Å². The van der Waals surface area contributed by atoms with Crippen LogP contribution in [0.5, 0.6) is 5.75 Å². The monoisotopic (exact) mass is 462 g/mol. The predicted molar refractivity (Wildman–Crippen MR) is 125 cm³/mol. The van der Waals surface area contributed by atoms with Crippen LogP contribution >= 0.6 is 11.8 Å². The van der Waals surface area contributed by atoms with Gasteiger partial charge in [0.25, 0.3) is 0 Å². The van der Waals surface area contributed by atoms with E-state index in [2.05, 4.69) is 5.32 Å². The number of thioether (sulfide) groups is 1. The SMILES string of the molecule is COc1ccc(C(C)C)cc1S(=O)(=O)N1CCC[C@H](C(=O)Nc2cccc(SC)c2)C1. The summed E-state index contributed by atoms with van der Waals surface area (Å²) >= 11 is 1.60. The number of ether oxygens (including phenoxy) is 1. The average molecular weight is 463 g/mol. The topological polar surface area (TPSA) is 75.7 Å². The largest absolute Gasteiger partial charge is 0.495 e. The van der Waals surface area contributed by atoms with Gasteiger partial charge in [-0.2, -0.15) is 4.31 Å². The van der Waals surface area contributed by atoms with E-state index >= 15 is 0 Å². The molecule has 1 amide bonds. The van der Waals surface area contributed by atoms with Gasteiger partial charge in [-0.25, -0.2) is 8.42 Å². The molecule has 0 saturated carbocycles. The summed E-state index contributed by atoms with van der Waals surface area (Å²) in [6.07, 6.45) is 3.27. The van der Waals surface area contributed by atoms with Crippen LogP contribution in [-0.2, 0) is 14.8 Å². The molecule has 168 valence electrons. The van der Waals surface area contributed by atoms with Gasteiger partial charge in [0.15, 0.2) is 0 Å². The molecule has 0 unspecified atom stereocenters. The zero-order valence-electron chi connectivity index (χ0n) is 18.4. The van der Waals surface area contributed by atoms with Crippen molar-refractivity contribution in [3.63, 3.8) is 0 Å². The number of carbonyl (C=O) groups excluding carboxylic acids is 1. The van der Waals surface area contributed by atoms with E-state index in [1.54, 1.807) is 23.9 Å². The highest BCUT2D eigenvalue weighted by Gasteiger charge is 2.35. The summed E-state index contributed by atoms with van der Waals surface area (Å²) in [6, 6.07) is 12.9. The maximum Gasteiger partial charge on any atom is 0.246 e. The maximum absolute atomic E-state index is 13.5. The smallest absolute Gasteiger partial charge is 0.246 e. The molecule has 2 aromatic carbocycles. The first-order chi connectivity index (χ1) is 14.8. The van der Waals surface area contributed by atoms with Gasteiger partial charge in [0.2, 0.25) is 15.9 Å². The van der Waals surface area contributed by atoms with Crippen molar-refractivity contribution in [3.8, 4) is 5.75 Å². The Hall–Kier alpha value is -2.03. The van der Waals surface area contributed by atoms with E-state index < -0.39 is 15.9 Å². The molecular weight excluding hydrogens is 432 g/mol. The molecule has 1 aliphatic rings. The number of hydrogen-bond acceptors (Lipinski definition) is 5. The Kier molecular flexibility index (Phi) is 7.67. The minimum absolute atomic E-state index is 0.152. The fraction of sp³-hybridized carbons (Fsp3) is 0.435. The number of piperidine rings is 1. The number of carbonyl (C=O) groups is 1. The summed E-state index contributed by atoms with van der Waals surface area (Å²) in [7, 11) is -2.31. The van der Waals surface area contributed by atoms with Crippen LogP contribution in [0.4, 0.5) is 5.69 Å². The normalized spacial score (nSPS) is 17.5. The Morgan fingerprint density at radius 3 is 2.68 bits per heavy atom. The molecule has 1 fully saturated rings. The number of sulfonamides is 1. The number of amides is 1. The van der Waals surface area contributed by atoms with E-state index in [-0.39, 0.29) is 23.3 Å². The highest BCUT2D eigenvalue weighted by molar-refractivity contribution is 7.98. The summed E-state index contributed by atoms with van der Waals surface area (Å²) in [5, 5.41) is 2.95. The number of benzene rings is 2. The molecule has 1 N–H and O–H groups in total. The lowest BCUT2D eigenvalue weighted by Crippen LogP contribution is -2.43. The molecule has 3 rings (SSSR count). The van der Waals surface area contributed by atoms with Crippen molar-refractivity contribution in [3.05, 3.63) is 48.0 Å². The van der Waals surface area contributed by atoms with Gasteiger partial charge in [0, 0.05) is 23.7 Å². The second kappa shape index (κ2) is 10.1. The Morgan fingerprint density at radius 1 is 1.23 bits per heavy atom. The van der Waals surface area contributed by atoms with E-state index in [4.69, 9.17) is 4.74 Å². The lowest BCUT2D eigenvalue weighted by molar-refractivity contribution is -0.120. The molecule has 0 aliphatic carbocycles. The summed E-state index contributed by atoms with van der Waals surface area (Å²) < 4.78 is 33.7. The van der Waals surface area contributed by atoms with Crippen molar-refractivity contribution in [2.45, 2.75) is 42.4 Å². The van der Waals surface area contributed by atoms with Crippen molar-refractivity contribution in [1.82, 2.24) is 4.31 Å². The minimum Gasteiger partial charge on any atom is -0.495 e. The molecular formula is C23H30N2O4S2. The number of rotatable bonds is 7. The van der Waals surface area contributed by atoms with Crippen LogP contribution in [-0.4, -0.2) is 45.1 Å². The molecule has 0 spiro atoms. The first-order valence-corrected chi connectivity index (χ1v) is 13.1. The molecule has 0 aromatic heterocycles. The number of hydrogen-bond donors (Lipinski definition) is 1. The van der Waals surface area contributed by atoms with Gasteiger partial charge >= 0.3 is 0 Å². The summed E-state index contributed by atoms with van der Waals surface area (Å²) in [6.45, 7) is 4.59. The summed E-state index contributed by atoms with van der Waals surface area (Å²) in [5.74, 6) is -0.0385. The van der Waals surface area contributed by atoms with Crippen LogP contribution in [0.25, 0.3) is 0 Å². The Labute approximate surface area is 189 Å². The number of nitrogens with zero attached hydrogens (tertiary/aromatic N) is 1. The van der Waals surface area contributed by atoms with Gasteiger partial charge in [-0.15, -0.1) is 11.8 Å². The van der Waals surface area contributed by atoms with Crippen molar-refractivity contribution >= 4 is 33.4 Å². The maximum atomic E-state index is 13.5. The van der Waals surface area contributed by atoms with Gasteiger partial charge in [-0.3, -0.25) is 4.79 Å². The second-order valence-corrected chi connectivity index (χ2v) is 10.8. The van der Waals surface area contributed by atoms with Crippen LogP contribution in [0.3, 0.4) is 0 Å². The number of nitrogens with one attached hydrogen (secondary N) is 1. The Balaban J connectivity index is 1.80. The molecule has 0 bridgehead atoms. The zero-order valence-corrected chi connectivity index (χ0v) is 20.1. The fourth-order valence-corrected chi connectivity index (χ4v) is 5.89. The van der Waals surface area contributed by atoms with Gasteiger partial charge in [0.05, 0.1) is 13.0 Å². The predicted octanol–water partition coefficient (Wildman–Crippen LogP) is 4.58. The first kappa shape index (κ1) is 23.6. The Morgan fingerprint density at radius 2 is 2.00 bits per heavy atom. The molecule has 1 atom stereocenters. The van der Waals surface area contributed by atoms with Crippen LogP contribution in [0.15, 0.2) is 52.3 Å². The van der Waals surface area contributed by atoms with Crippen LogP contribution in [0.1, 0.15) is 38.2 Å². The lowest BCUT2D eigenvalue weighted by atomic mass is 9.99. The van der Waals surface area contributed by atoms with Crippen molar-refractivity contribution in [2.75, 3.05) is 31.8 Å². The lowest BCUT2D eigenvalue weighted by Gasteiger charge is -2.31. The quantitative estimate of drug-likeness (QED) is 0.610. The first-order valence-electron chi connectivity index (χ1n) is 10.4. The molecule has 1 saturated heterocycles. The second-order valence-electron chi connectivity index (χ2n) is 7.99. The molecule has 31 heavy (non-hydrogen) atoms. The fourth-order valence-electron chi connectivity index (χ4n) is 3.71. The van der Waals surface area contributed by atoms with Crippen LogP contribution in [0.2, 0.25) is 0 Å². The molecule has 0 radical (unpaired) electrons. The Bertz CT molecular complexity index is 1040. The van der Waals surface area contributed by atoms with Gasteiger partial charge < -0.3 is 10.1 Å². The van der Waals surface area contributed by atoms with E-state index in [0.717, 1.165) is 16.1 Å². The third-order valence-corrected chi connectivity index (χ3v) is 8.18. The molecule has 1 aliphatic heterocycles. The highest BCUT2D eigenvalue weighted by atomic mass is 32.2. The third-order valence-electron chi connectivity index (χ3n) is 5.56. The summed E-state index contributed by atoms with van der Waals surface area (Å²) in [4.78, 5) is 14.1. The molecule has 2 aromatic rings. The van der Waals surface area contributed by atoms with Gasteiger partial charge in [0.1, 0.15) is 10.6 Å². The molecule has 8 heteroatoms. The van der Waals surface area contributed by atoms with Crippen molar-refractivity contribution in [1.29, 1.82) is 0 Å². The highest BCUT2D eigenvalue weighted by Crippen LogP contribution is 2.32. The van der Waals surface area contributed by atoms with Gasteiger partial charge in [-0.1, -0.05) is 26.0 Å². The van der Waals surface area contributed by atoms with Crippen molar-refractivity contribution < 1.29 is 17.9 Å². The van der Waals surface area contributed by atoms with E-state index in [9.17, 15) is 13.2 Å². The van der Waals surface area contributed by atoms with E-state index in [1.807, 2.05) is 50.4 Å². The average Bonchev–Trinajstić information content (AvgIpc) is 2.78. The standard InChI is InChI=1S/C23H30N2O4S2/c1-16(2)17-10-11-21(29-3)22(13-17)31(27,28)25-12-6-7-18(15-25)23(26)24-19-8-5-9-20(14-19)30-4/h5,8-11,13-14,16,18H,6-7,12,15H2,1-4H3,(H,24,26)/t18-/m0/s1. The molecule has 1 heterocycles. The molecule has 6 nitrogen and oxygen atoms in total.